The van der Waals surface area contributed by atoms with Gasteiger partial charge in [-0.1, -0.05) is 6.92 Å². The van der Waals surface area contributed by atoms with Crippen molar-refractivity contribution in [2.24, 2.45) is 0 Å². The molecule has 0 saturated heterocycles. The third-order valence-electron chi connectivity index (χ3n) is 1.56. The summed E-state index contributed by atoms with van der Waals surface area (Å²) in [4.78, 5) is 0. The van der Waals surface area contributed by atoms with Crippen LogP contribution in [0.5, 0.6) is 0 Å². The molecule has 7 heavy (non-hydrogen) atoms. The SMILES string of the molecule is CCC(C)(C)NC. The van der Waals surface area contributed by atoms with E-state index in [4.69, 9.17) is 0 Å². The molecule has 44 valence electrons. The van der Waals surface area contributed by atoms with Gasteiger partial charge in [-0.25, -0.2) is 0 Å². The first-order valence-electron chi connectivity index (χ1n) is 2.81. The maximum Gasteiger partial charge on any atom is 0.0119 e. The first-order chi connectivity index (χ1) is 3.12. The largest absolute Gasteiger partial charge is 0.315 e. The van der Waals surface area contributed by atoms with Gasteiger partial charge >= 0.3 is 0 Å². The molecule has 0 aliphatic rings. The summed E-state index contributed by atoms with van der Waals surface area (Å²) in [5.74, 6) is 0. The van der Waals surface area contributed by atoms with Gasteiger partial charge in [0.05, 0.1) is 0 Å². The van der Waals surface area contributed by atoms with E-state index in [0.717, 1.165) is 0 Å². The van der Waals surface area contributed by atoms with Gasteiger partial charge in [-0.2, -0.15) is 0 Å². The zero-order chi connectivity index (χ0) is 5.91. The van der Waals surface area contributed by atoms with Gasteiger partial charge in [-0.15, -0.1) is 0 Å². The molecule has 1 nitrogen and oxygen atoms in total. The molecule has 1 heteroatoms. The fourth-order valence-electron chi connectivity index (χ4n) is 0.177. The molecule has 0 aromatic rings. The second kappa shape index (κ2) is 2.31. The van der Waals surface area contributed by atoms with Crippen LogP contribution >= 0.6 is 0 Å². The lowest BCUT2D eigenvalue weighted by molar-refractivity contribution is 0.411. The first kappa shape index (κ1) is 6.96. The van der Waals surface area contributed by atoms with Crippen LogP contribution in [0.2, 0.25) is 0 Å². The fourth-order valence-corrected chi connectivity index (χ4v) is 0.177. The van der Waals surface area contributed by atoms with Crippen molar-refractivity contribution in [2.75, 3.05) is 7.05 Å². The highest BCUT2D eigenvalue weighted by Crippen LogP contribution is 2.03. The zero-order valence-electron chi connectivity index (χ0n) is 5.71. The fraction of sp³-hybridized carbons (Fsp3) is 1.00. The summed E-state index contributed by atoms with van der Waals surface area (Å²) in [6.07, 6.45) is 1.18. The van der Waals surface area contributed by atoms with Crippen LogP contribution in [0.1, 0.15) is 27.2 Å². The van der Waals surface area contributed by atoms with Crippen molar-refractivity contribution in [1.82, 2.24) is 5.32 Å². The maximum atomic E-state index is 3.19. The first-order valence-corrected chi connectivity index (χ1v) is 2.81. The molecule has 0 rings (SSSR count). The maximum absolute atomic E-state index is 3.19. The summed E-state index contributed by atoms with van der Waals surface area (Å²) < 4.78 is 0. The molecule has 0 fully saturated rings. The van der Waals surface area contributed by atoms with E-state index < -0.39 is 0 Å². The lowest BCUT2D eigenvalue weighted by Crippen LogP contribution is -2.34. The van der Waals surface area contributed by atoms with Crippen LogP contribution in [0.25, 0.3) is 0 Å². The Kier molecular flexibility index (Phi) is 2.30. The molecule has 0 heterocycles. The van der Waals surface area contributed by atoms with Crippen LogP contribution < -0.4 is 5.32 Å². The van der Waals surface area contributed by atoms with E-state index in [1.807, 2.05) is 7.05 Å². The third kappa shape index (κ3) is 2.63. The minimum Gasteiger partial charge on any atom is -0.315 e. The molecule has 0 amide bonds. The number of hydrogen-bond acceptors (Lipinski definition) is 1. The molecule has 1 N–H and O–H groups in total. The van der Waals surface area contributed by atoms with Crippen molar-refractivity contribution < 1.29 is 0 Å². The normalized spacial score (nSPS) is 12.0. The Morgan fingerprint density at radius 2 is 1.86 bits per heavy atom. The smallest absolute Gasteiger partial charge is 0.0119 e. The van der Waals surface area contributed by atoms with E-state index in [1.54, 1.807) is 0 Å². The van der Waals surface area contributed by atoms with E-state index in [0.29, 0.717) is 5.54 Å². The van der Waals surface area contributed by atoms with Gasteiger partial charge in [0.25, 0.3) is 0 Å². The molecular formula is C6H15N. The summed E-state index contributed by atoms with van der Waals surface area (Å²) in [5, 5.41) is 3.19. The van der Waals surface area contributed by atoms with Gasteiger partial charge in [0.1, 0.15) is 0 Å². The van der Waals surface area contributed by atoms with Crippen LogP contribution in [0.3, 0.4) is 0 Å². The Balaban J connectivity index is 3.36. The van der Waals surface area contributed by atoms with Crippen LogP contribution in [-0.2, 0) is 0 Å². The highest BCUT2D eigenvalue weighted by Gasteiger charge is 2.08. The second-order valence-electron chi connectivity index (χ2n) is 2.49. The number of nitrogens with one attached hydrogen (secondary N) is 1. The Hall–Kier alpha value is -0.0400. The van der Waals surface area contributed by atoms with Gasteiger partial charge in [0.15, 0.2) is 0 Å². The van der Waals surface area contributed by atoms with Crippen LogP contribution in [0, 0.1) is 0 Å². The van der Waals surface area contributed by atoms with Gasteiger partial charge in [-0.3, -0.25) is 0 Å². The van der Waals surface area contributed by atoms with Crippen LogP contribution in [0.15, 0.2) is 0 Å². The van der Waals surface area contributed by atoms with Crippen LogP contribution in [0.4, 0.5) is 0 Å². The van der Waals surface area contributed by atoms with Crippen molar-refractivity contribution in [3.05, 3.63) is 0 Å². The Labute approximate surface area is 46.1 Å². The summed E-state index contributed by atoms with van der Waals surface area (Å²) in [5.41, 5.74) is 0.333. The van der Waals surface area contributed by atoms with E-state index in [-0.39, 0.29) is 0 Å². The summed E-state index contributed by atoms with van der Waals surface area (Å²) in [6, 6.07) is 0. The average molecular weight is 101 g/mol. The van der Waals surface area contributed by atoms with Crippen molar-refractivity contribution in [2.45, 2.75) is 32.7 Å². The Bertz CT molecular complexity index is 42.1. The summed E-state index contributed by atoms with van der Waals surface area (Å²) >= 11 is 0. The minimum absolute atomic E-state index is 0.333. The Morgan fingerprint density at radius 3 is 1.86 bits per heavy atom. The zero-order valence-corrected chi connectivity index (χ0v) is 5.71. The summed E-state index contributed by atoms with van der Waals surface area (Å²) in [6.45, 7) is 6.55. The van der Waals surface area contributed by atoms with E-state index in [1.165, 1.54) is 6.42 Å². The van der Waals surface area contributed by atoms with E-state index in [2.05, 4.69) is 26.1 Å². The molecular weight excluding hydrogens is 86.1 g/mol. The molecule has 0 radical (unpaired) electrons. The highest BCUT2D eigenvalue weighted by molar-refractivity contribution is 4.71. The van der Waals surface area contributed by atoms with E-state index in [9.17, 15) is 0 Å². The second-order valence-corrected chi connectivity index (χ2v) is 2.49. The standard InChI is InChI=1S/C6H15N/c1-5-6(2,3)7-4/h7H,5H2,1-4H3. The van der Waals surface area contributed by atoms with Crippen LogP contribution in [-0.4, -0.2) is 12.6 Å². The molecule has 0 aromatic carbocycles. The predicted octanol–water partition coefficient (Wildman–Crippen LogP) is 1.39. The van der Waals surface area contributed by atoms with Crippen molar-refractivity contribution >= 4 is 0 Å². The molecule has 0 spiro atoms. The predicted molar refractivity (Wildman–Crippen MR) is 33.4 cm³/mol. The molecule has 0 bridgehead atoms. The third-order valence-corrected chi connectivity index (χ3v) is 1.56. The lowest BCUT2D eigenvalue weighted by atomic mass is 10.0. The van der Waals surface area contributed by atoms with Crippen molar-refractivity contribution in [1.29, 1.82) is 0 Å². The molecule has 0 atom stereocenters. The van der Waals surface area contributed by atoms with Crippen molar-refractivity contribution in [3.63, 3.8) is 0 Å². The molecule has 0 aromatic heterocycles. The van der Waals surface area contributed by atoms with Gasteiger partial charge < -0.3 is 5.32 Å². The average Bonchev–Trinajstić information content (AvgIpc) is 1.68. The molecule has 0 saturated carbocycles. The number of rotatable bonds is 2. The quantitative estimate of drug-likeness (QED) is 0.554. The highest BCUT2D eigenvalue weighted by atomic mass is 14.9. The van der Waals surface area contributed by atoms with Gasteiger partial charge in [0, 0.05) is 5.54 Å². The van der Waals surface area contributed by atoms with Gasteiger partial charge in [0.2, 0.25) is 0 Å². The summed E-state index contributed by atoms with van der Waals surface area (Å²) in [7, 11) is 1.99. The lowest BCUT2D eigenvalue weighted by Gasteiger charge is -2.20. The molecule has 0 aliphatic carbocycles. The topological polar surface area (TPSA) is 12.0 Å². The molecule has 0 aliphatic heterocycles. The number of hydrogen-bond donors (Lipinski definition) is 1. The monoisotopic (exact) mass is 101 g/mol. The minimum atomic E-state index is 0.333. The van der Waals surface area contributed by atoms with Gasteiger partial charge in [-0.05, 0) is 27.3 Å². The van der Waals surface area contributed by atoms with Crippen molar-refractivity contribution in [3.8, 4) is 0 Å². The van der Waals surface area contributed by atoms with E-state index >= 15 is 0 Å². The Morgan fingerprint density at radius 1 is 1.43 bits per heavy atom. The molecule has 0 unspecified atom stereocenters.